The predicted molar refractivity (Wildman–Crippen MR) is 81.1 cm³/mol. The molecule has 0 aromatic heterocycles. The lowest BCUT2D eigenvalue weighted by Gasteiger charge is -2.35. The van der Waals surface area contributed by atoms with Crippen molar-refractivity contribution in [3.05, 3.63) is 29.8 Å². The van der Waals surface area contributed by atoms with Gasteiger partial charge in [0.1, 0.15) is 0 Å². The van der Waals surface area contributed by atoms with Crippen LogP contribution in [0.25, 0.3) is 0 Å². The van der Waals surface area contributed by atoms with E-state index in [2.05, 4.69) is 16.8 Å². The van der Waals surface area contributed by atoms with Gasteiger partial charge in [0.25, 0.3) is 5.91 Å². The number of carbonyl (C=O) groups excluding carboxylic acids is 2. The van der Waals surface area contributed by atoms with E-state index in [-0.39, 0.29) is 17.9 Å². The van der Waals surface area contributed by atoms with Gasteiger partial charge in [-0.05, 0) is 25.6 Å². The van der Waals surface area contributed by atoms with E-state index >= 15 is 0 Å². The first-order valence-corrected chi connectivity index (χ1v) is 7.43. The van der Waals surface area contributed by atoms with Crippen molar-refractivity contribution in [2.24, 2.45) is 0 Å². The summed E-state index contributed by atoms with van der Waals surface area (Å²) in [5.41, 5.74) is 1.68. The zero-order valence-corrected chi connectivity index (χ0v) is 12.6. The largest absolute Gasteiger partial charge is 0.304 e. The molecular weight excluding hydrogens is 266 g/mol. The molecule has 1 unspecified atom stereocenters. The van der Waals surface area contributed by atoms with Crippen LogP contribution < -0.4 is 4.90 Å². The van der Waals surface area contributed by atoms with Crippen LogP contribution >= 0.6 is 0 Å². The molecule has 21 heavy (non-hydrogen) atoms. The van der Waals surface area contributed by atoms with Gasteiger partial charge in [-0.25, -0.2) is 4.90 Å². The highest BCUT2D eigenvalue weighted by Crippen LogP contribution is 2.28. The average molecular weight is 287 g/mol. The summed E-state index contributed by atoms with van der Waals surface area (Å²) in [4.78, 5) is 30.8. The minimum absolute atomic E-state index is 0.0705. The first-order valence-electron chi connectivity index (χ1n) is 7.43. The molecule has 5 nitrogen and oxygen atoms in total. The number of likely N-dealkylation sites (N-methyl/N-ethyl adjacent to an activating group) is 1. The zero-order chi connectivity index (χ0) is 15.0. The molecule has 2 heterocycles. The molecule has 1 aromatic rings. The molecular formula is C16H21N3O2. The molecule has 0 saturated carbocycles. The van der Waals surface area contributed by atoms with E-state index in [1.165, 1.54) is 4.90 Å². The highest BCUT2D eigenvalue weighted by molar-refractivity contribution is 6.22. The third kappa shape index (κ3) is 2.59. The molecule has 0 N–H and O–H groups in total. The Bertz CT molecular complexity index is 564. The second-order valence-electron chi connectivity index (χ2n) is 5.91. The van der Waals surface area contributed by atoms with Gasteiger partial charge in [0.2, 0.25) is 5.91 Å². The van der Waals surface area contributed by atoms with Crippen molar-refractivity contribution in [2.45, 2.75) is 19.4 Å². The smallest absolute Gasteiger partial charge is 0.251 e. The topological polar surface area (TPSA) is 43.9 Å². The number of anilines is 1. The summed E-state index contributed by atoms with van der Waals surface area (Å²) in [7, 11) is 2.08. The molecule has 2 amide bonds. The van der Waals surface area contributed by atoms with Gasteiger partial charge >= 0.3 is 0 Å². The molecule has 0 bridgehead atoms. The average Bonchev–Trinajstić information content (AvgIpc) is 2.76. The number of amides is 2. The first-order chi connectivity index (χ1) is 10.1. The molecule has 112 valence electrons. The lowest BCUT2D eigenvalue weighted by atomic mass is 10.1. The van der Waals surface area contributed by atoms with Crippen LogP contribution in [0.3, 0.4) is 0 Å². The van der Waals surface area contributed by atoms with Crippen molar-refractivity contribution in [1.82, 2.24) is 9.80 Å². The molecule has 3 rings (SSSR count). The Kier molecular flexibility index (Phi) is 3.78. The van der Waals surface area contributed by atoms with Crippen molar-refractivity contribution in [3.8, 4) is 0 Å². The number of nitrogens with zero attached hydrogens (tertiary/aromatic N) is 3. The summed E-state index contributed by atoms with van der Waals surface area (Å²) in [5, 5.41) is 0. The Morgan fingerprint density at radius 3 is 2.38 bits per heavy atom. The SMILES string of the molecule is Cc1ccccc1N1C(=O)CC(N2CCN(C)CC2)C1=O. The van der Waals surface area contributed by atoms with E-state index in [0.717, 1.165) is 37.4 Å². The zero-order valence-electron chi connectivity index (χ0n) is 12.6. The predicted octanol–water partition coefficient (Wildman–Crippen LogP) is 0.874. The van der Waals surface area contributed by atoms with E-state index < -0.39 is 0 Å². The van der Waals surface area contributed by atoms with E-state index in [0.29, 0.717) is 6.42 Å². The highest BCUT2D eigenvalue weighted by atomic mass is 16.2. The second-order valence-corrected chi connectivity index (χ2v) is 5.91. The minimum atomic E-state index is -0.286. The van der Waals surface area contributed by atoms with Crippen LogP contribution in [0.2, 0.25) is 0 Å². The van der Waals surface area contributed by atoms with Crippen LogP contribution in [0.4, 0.5) is 5.69 Å². The number of benzene rings is 1. The van der Waals surface area contributed by atoms with Crippen molar-refractivity contribution in [1.29, 1.82) is 0 Å². The number of hydrogen-bond donors (Lipinski definition) is 0. The van der Waals surface area contributed by atoms with E-state index in [4.69, 9.17) is 0 Å². The first kappa shape index (κ1) is 14.2. The van der Waals surface area contributed by atoms with Crippen LogP contribution in [0, 0.1) is 6.92 Å². The normalized spacial score (nSPS) is 24.9. The van der Waals surface area contributed by atoms with E-state index in [1.807, 2.05) is 31.2 Å². The molecule has 2 aliphatic rings. The van der Waals surface area contributed by atoms with Crippen LogP contribution in [0.15, 0.2) is 24.3 Å². The Labute approximate surface area is 125 Å². The Morgan fingerprint density at radius 1 is 1.05 bits per heavy atom. The van der Waals surface area contributed by atoms with E-state index in [1.54, 1.807) is 0 Å². The minimum Gasteiger partial charge on any atom is -0.304 e. The van der Waals surface area contributed by atoms with Gasteiger partial charge in [0.05, 0.1) is 18.2 Å². The molecule has 2 aliphatic heterocycles. The van der Waals surface area contributed by atoms with Gasteiger partial charge in [-0.1, -0.05) is 18.2 Å². The van der Waals surface area contributed by atoms with Gasteiger partial charge in [0.15, 0.2) is 0 Å². The highest BCUT2D eigenvalue weighted by Gasteiger charge is 2.43. The van der Waals surface area contributed by atoms with Gasteiger partial charge in [-0.2, -0.15) is 0 Å². The second kappa shape index (κ2) is 5.58. The lowest BCUT2D eigenvalue weighted by molar-refractivity contribution is -0.123. The molecule has 2 fully saturated rings. The number of rotatable bonds is 2. The standard InChI is InChI=1S/C16H21N3O2/c1-12-5-3-4-6-13(12)19-15(20)11-14(16(19)21)18-9-7-17(2)8-10-18/h3-6,14H,7-11H2,1-2H3. The third-order valence-corrected chi connectivity index (χ3v) is 4.46. The summed E-state index contributed by atoms with van der Waals surface area (Å²) in [5.74, 6) is -0.155. The van der Waals surface area contributed by atoms with Crippen molar-refractivity contribution in [3.63, 3.8) is 0 Å². The molecule has 0 radical (unpaired) electrons. The number of carbonyl (C=O) groups is 2. The van der Waals surface area contributed by atoms with Crippen LogP contribution in [-0.2, 0) is 9.59 Å². The van der Waals surface area contributed by atoms with Crippen LogP contribution in [-0.4, -0.2) is 60.9 Å². The fourth-order valence-electron chi connectivity index (χ4n) is 3.10. The van der Waals surface area contributed by atoms with Crippen molar-refractivity contribution < 1.29 is 9.59 Å². The molecule has 0 aliphatic carbocycles. The van der Waals surface area contributed by atoms with Crippen LogP contribution in [0.1, 0.15) is 12.0 Å². The molecule has 0 spiro atoms. The third-order valence-electron chi connectivity index (χ3n) is 4.46. The summed E-state index contributed by atoms with van der Waals surface area (Å²) in [6.07, 6.45) is 0.302. The van der Waals surface area contributed by atoms with Crippen LogP contribution in [0.5, 0.6) is 0 Å². The molecule has 2 saturated heterocycles. The Balaban J connectivity index is 1.81. The maximum absolute atomic E-state index is 12.7. The summed E-state index contributed by atoms with van der Waals surface area (Å²) in [6, 6.07) is 7.27. The quantitative estimate of drug-likeness (QED) is 0.757. The lowest BCUT2D eigenvalue weighted by Crippen LogP contribution is -2.51. The maximum atomic E-state index is 12.7. The van der Waals surface area contributed by atoms with Gasteiger partial charge in [-0.15, -0.1) is 0 Å². The van der Waals surface area contributed by atoms with Gasteiger partial charge in [0, 0.05) is 26.2 Å². The number of piperazine rings is 1. The van der Waals surface area contributed by atoms with Gasteiger partial charge < -0.3 is 4.90 Å². The van der Waals surface area contributed by atoms with Gasteiger partial charge in [-0.3, -0.25) is 14.5 Å². The van der Waals surface area contributed by atoms with Crippen molar-refractivity contribution in [2.75, 3.05) is 38.1 Å². The molecule has 1 atom stereocenters. The Hall–Kier alpha value is -1.72. The molecule has 5 heteroatoms. The van der Waals surface area contributed by atoms with Crippen molar-refractivity contribution >= 4 is 17.5 Å². The Morgan fingerprint density at radius 2 is 1.71 bits per heavy atom. The summed E-state index contributed by atoms with van der Waals surface area (Å²) in [6.45, 7) is 5.52. The number of hydrogen-bond acceptors (Lipinski definition) is 4. The van der Waals surface area contributed by atoms with E-state index in [9.17, 15) is 9.59 Å². The number of imide groups is 1. The number of para-hydroxylation sites is 1. The monoisotopic (exact) mass is 287 g/mol. The number of aryl methyl sites for hydroxylation is 1. The summed E-state index contributed by atoms with van der Waals surface area (Å²) >= 11 is 0. The fraction of sp³-hybridized carbons (Fsp3) is 0.500. The fourth-order valence-corrected chi connectivity index (χ4v) is 3.10. The maximum Gasteiger partial charge on any atom is 0.251 e. The summed E-state index contributed by atoms with van der Waals surface area (Å²) < 4.78 is 0. The molecule has 1 aromatic carbocycles.